The summed E-state index contributed by atoms with van der Waals surface area (Å²) in [7, 11) is 3.02. The van der Waals surface area contributed by atoms with E-state index in [0.717, 1.165) is 23.4 Å². The van der Waals surface area contributed by atoms with Crippen LogP contribution in [0.25, 0.3) is 22.4 Å². The third-order valence-electron chi connectivity index (χ3n) is 5.71. The fourth-order valence-electron chi connectivity index (χ4n) is 3.88. The molecule has 1 heterocycles. The van der Waals surface area contributed by atoms with E-state index >= 15 is 0 Å². The van der Waals surface area contributed by atoms with E-state index < -0.39 is 17.6 Å². The molecule has 6 nitrogen and oxygen atoms in total. The van der Waals surface area contributed by atoms with Gasteiger partial charge in [-0.15, -0.1) is 0 Å². The number of hydrogen-bond acceptors (Lipinski definition) is 6. The van der Waals surface area contributed by atoms with E-state index in [0.29, 0.717) is 28.3 Å². The van der Waals surface area contributed by atoms with Crippen molar-refractivity contribution < 1.29 is 27.4 Å². The molecule has 0 unspecified atom stereocenters. The van der Waals surface area contributed by atoms with Crippen LogP contribution in [0.5, 0.6) is 11.5 Å². The monoisotopic (exact) mass is 549 g/mol. The number of alkyl halides is 3. The van der Waals surface area contributed by atoms with E-state index in [4.69, 9.17) is 9.47 Å². The zero-order valence-corrected chi connectivity index (χ0v) is 21.7. The Bertz CT molecular complexity index is 1540. The highest BCUT2D eigenvalue weighted by atomic mass is 32.2. The number of thioether (sulfide) groups is 1. The summed E-state index contributed by atoms with van der Waals surface area (Å²) in [4.78, 5) is 17.3. The van der Waals surface area contributed by atoms with Crippen molar-refractivity contribution in [3.63, 3.8) is 0 Å². The summed E-state index contributed by atoms with van der Waals surface area (Å²) in [5, 5.41) is 12.7. The van der Waals surface area contributed by atoms with Crippen LogP contribution in [0.2, 0.25) is 0 Å². The minimum Gasteiger partial charge on any atom is -0.493 e. The van der Waals surface area contributed by atoms with E-state index in [1.54, 1.807) is 24.3 Å². The van der Waals surface area contributed by atoms with Gasteiger partial charge in [-0.3, -0.25) is 4.79 Å². The van der Waals surface area contributed by atoms with Crippen LogP contribution < -0.4 is 14.8 Å². The summed E-state index contributed by atoms with van der Waals surface area (Å²) in [6.45, 7) is 0. The van der Waals surface area contributed by atoms with Gasteiger partial charge in [0.15, 0.2) is 11.5 Å². The number of nitrogens with one attached hydrogen (secondary N) is 1. The number of pyridine rings is 1. The zero-order chi connectivity index (χ0) is 28.0. The van der Waals surface area contributed by atoms with Crippen molar-refractivity contribution >= 4 is 23.4 Å². The first-order valence-electron chi connectivity index (χ1n) is 11.6. The Kier molecular flexibility index (Phi) is 8.42. The lowest BCUT2D eigenvalue weighted by Gasteiger charge is -2.15. The number of ether oxygens (including phenoxy) is 2. The predicted octanol–water partition coefficient (Wildman–Crippen LogP) is 7.05. The average molecular weight is 550 g/mol. The van der Waals surface area contributed by atoms with Gasteiger partial charge in [0, 0.05) is 11.1 Å². The second kappa shape index (κ2) is 11.9. The molecule has 3 aromatic carbocycles. The number of anilines is 1. The molecule has 198 valence electrons. The Hall–Kier alpha value is -4.49. The van der Waals surface area contributed by atoms with Gasteiger partial charge in [-0.2, -0.15) is 18.4 Å². The Morgan fingerprint density at radius 3 is 2.31 bits per heavy atom. The highest BCUT2D eigenvalue weighted by Gasteiger charge is 2.33. The molecule has 4 aromatic rings. The number of benzene rings is 3. The van der Waals surface area contributed by atoms with Crippen molar-refractivity contribution in [2.24, 2.45) is 0 Å². The number of hydrogen-bond donors (Lipinski definition) is 1. The third kappa shape index (κ3) is 6.33. The quantitative estimate of drug-likeness (QED) is 0.237. The van der Waals surface area contributed by atoms with Gasteiger partial charge in [-0.25, -0.2) is 4.98 Å². The minimum absolute atomic E-state index is 0.218. The molecule has 1 N–H and O–H groups in total. The molecule has 0 saturated heterocycles. The maximum atomic E-state index is 13.3. The number of para-hydroxylation sites is 1. The first kappa shape index (κ1) is 27.5. The van der Waals surface area contributed by atoms with Gasteiger partial charge in [-0.1, -0.05) is 60.3 Å². The second-order valence-corrected chi connectivity index (χ2v) is 9.13. The smallest absolute Gasteiger partial charge is 0.418 e. The number of nitrogens with zero attached hydrogens (tertiary/aromatic N) is 2. The third-order valence-corrected chi connectivity index (χ3v) is 6.68. The summed E-state index contributed by atoms with van der Waals surface area (Å²) in [5.41, 5.74) is 1.50. The Labute approximate surface area is 227 Å². The van der Waals surface area contributed by atoms with Gasteiger partial charge in [0.05, 0.1) is 42.5 Å². The number of methoxy groups -OCH3 is 2. The van der Waals surface area contributed by atoms with Crippen LogP contribution in [0.1, 0.15) is 11.1 Å². The summed E-state index contributed by atoms with van der Waals surface area (Å²) in [6.07, 6.45) is -4.62. The molecule has 4 rings (SSSR count). The summed E-state index contributed by atoms with van der Waals surface area (Å²) in [5.74, 6) is 0.0499. The lowest BCUT2D eigenvalue weighted by molar-refractivity contribution is -0.137. The summed E-state index contributed by atoms with van der Waals surface area (Å²) >= 11 is 0.965. The van der Waals surface area contributed by atoms with Crippen LogP contribution in [-0.4, -0.2) is 30.9 Å². The summed E-state index contributed by atoms with van der Waals surface area (Å²) < 4.78 is 50.8. The number of amides is 1. The van der Waals surface area contributed by atoms with Gasteiger partial charge in [0.2, 0.25) is 5.91 Å². The van der Waals surface area contributed by atoms with Crippen molar-refractivity contribution in [1.29, 1.82) is 5.26 Å². The van der Waals surface area contributed by atoms with Crippen LogP contribution in [0.4, 0.5) is 18.9 Å². The van der Waals surface area contributed by atoms with Crippen LogP contribution >= 0.6 is 11.8 Å². The molecule has 0 aliphatic heterocycles. The minimum atomic E-state index is -4.62. The first-order valence-corrected chi connectivity index (χ1v) is 12.6. The lowest BCUT2D eigenvalue weighted by atomic mass is 9.99. The van der Waals surface area contributed by atoms with Crippen molar-refractivity contribution in [2.45, 2.75) is 11.2 Å². The second-order valence-electron chi connectivity index (χ2n) is 8.16. The Balaban J connectivity index is 1.71. The normalized spacial score (nSPS) is 11.0. The number of carbonyl (C=O) groups is 1. The first-order chi connectivity index (χ1) is 18.7. The van der Waals surface area contributed by atoms with E-state index in [2.05, 4.69) is 16.4 Å². The van der Waals surface area contributed by atoms with Crippen molar-refractivity contribution in [3.05, 3.63) is 90.0 Å². The average Bonchev–Trinajstić information content (AvgIpc) is 2.95. The molecule has 10 heteroatoms. The maximum absolute atomic E-state index is 13.3. The number of rotatable bonds is 8. The van der Waals surface area contributed by atoms with E-state index in [9.17, 15) is 23.2 Å². The van der Waals surface area contributed by atoms with Crippen LogP contribution in [0, 0.1) is 11.3 Å². The van der Waals surface area contributed by atoms with E-state index in [1.807, 2.05) is 30.3 Å². The zero-order valence-electron chi connectivity index (χ0n) is 20.9. The molecular formula is C29H22F3N3O3S. The predicted molar refractivity (Wildman–Crippen MR) is 144 cm³/mol. The highest BCUT2D eigenvalue weighted by molar-refractivity contribution is 8.00. The number of nitriles is 1. The van der Waals surface area contributed by atoms with Crippen LogP contribution in [0.15, 0.2) is 83.9 Å². The van der Waals surface area contributed by atoms with Gasteiger partial charge in [0.25, 0.3) is 0 Å². The fraction of sp³-hybridized carbons (Fsp3) is 0.138. The van der Waals surface area contributed by atoms with E-state index in [1.165, 1.54) is 32.4 Å². The standard InChI is InChI=1S/C29H22F3N3O3S/c1-37-25-13-12-19(14-26(25)38-2)20-15-24(18-8-4-3-5-9-18)35-28(21(20)16-33)39-17-27(36)34-23-11-7-6-10-22(23)29(30,31)32/h3-15H,17H2,1-2H3,(H,34,36). The topological polar surface area (TPSA) is 84.2 Å². The van der Waals surface area contributed by atoms with Crippen molar-refractivity contribution in [2.75, 3.05) is 25.3 Å². The van der Waals surface area contributed by atoms with Gasteiger partial charge >= 0.3 is 6.18 Å². The Morgan fingerprint density at radius 2 is 1.64 bits per heavy atom. The maximum Gasteiger partial charge on any atom is 0.418 e. The molecule has 1 amide bonds. The number of halogens is 3. The molecule has 0 fully saturated rings. The SMILES string of the molecule is COc1ccc(-c2cc(-c3ccccc3)nc(SCC(=O)Nc3ccccc3C(F)(F)F)c2C#N)cc1OC. The van der Waals surface area contributed by atoms with Crippen molar-refractivity contribution in [3.8, 4) is 40.0 Å². The largest absolute Gasteiger partial charge is 0.493 e. The molecule has 0 bridgehead atoms. The fourth-order valence-corrected chi connectivity index (χ4v) is 4.68. The molecule has 39 heavy (non-hydrogen) atoms. The van der Waals surface area contributed by atoms with Crippen LogP contribution in [0.3, 0.4) is 0 Å². The molecule has 0 atom stereocenters. The lowest BCUT2D eigenvalue weighted by Crippen LogP contribution is -2.18. The molecule has 0 aliphatic rings. The molecule has 1 aromatic heterocycles. The Morgan fingerprint density at radius 1 is 0.949 bits per heavy atom. The molecular weight excluding hydrogens is 527 g/mol. The van der Waals surface area contributed by atoms with Crippen molar-refractivity contribution in [1.82, 2.24) is 4.98 Å². The molecule has 0 aliphatic carbocycles. The molecule has 0 saturated carbocycles. The van der Waals surface area contributed by atoms with Gasteiger partial charge in [0.1, 0.15) is 11.1 Å². The van der Waals surface area contributed by atoms with Crippen LogP contribution in [-0.2, 0) is 11.0 Å². The molecule has 0 radical (unpaired) electrons. The molecule has 0 spiro atoms. The number of carbonyl (C=O) groups excluding carboxylic acids is 1. The highest BCUT2D eigenvalue weighted by Crippen LogP contribution is 2.38. The summed E-state index contributed by atoms with van der Waals surface area (Å²) in [6, 6.07) is 23.2. The van der Waals surface area contributed by atoms with E-state index in [-0.39, 0.29) is 22.0 Å². The van der Waals surface area contributed by atoms with Gasteiger partial charge in [-0.05, 0) is 35.9 Å². The van der Waals surface area contributed by atoms with Gasteiger partial charge < -0.3 is 14.8 Å². The number of aromatic nitrogens is 1.